The smallest absolute Gasteiger partial charge is 0.131 e. The van der Waals surface area contributed by atoms with E-state index in [1.54, 1.807) is 18.6 Å². The van der Waals surface area contributed by atoms with Crippen LogP contribution in [0, 0.1) is 6.92 Å². The van der Waals surface area contributed by atoms with E-state index in [9.17, 15) is 0 Å². The highest BCUT2D eigenvalue weighted by atomic mass is 35.5. The minimum absolute atomic E-state index is 0.210. The zero-order chi connectivity index (χ0) is 12.3. The topological polar surface area (TPSA) is 51.6 Å². The van der Waals surface area contributed by atoms with Crippen LogP contribution >= 0.6 is 11.6 Å². The Hall–Kier alpha value is -1.55. The highest BCUT2D eigenvalue weighted by molar-refractivity contribution is 6.30. The van der Waals surface area contributed by atoms with E-state index in [1.807, 2.05) is 13.0 Å². The minimum Gasteiger partial charge on any atom is -0.242 e. The SMILES string of the molecule is Cc1nccc(CC(C)c2ncc(Cl)cn2)n1. The van der Waals surface area contributed by atoms with E-state index in [2.05, 4.69) is 26.9 Å². The predicted octanol–water partition coefficient (Wildman–Crippen LogP) is 2.57. The van der Waals surface area contributed by atoms with Gasteiger partial charge in [-0.1, -0.05) is 18.5 Å². The van der Waals surface area contributed by atoms with E-state index in [0.29, 0.717) is 5.02 Å². The molecule has 17 heavy (non-hydrogen) atoms. The Morgan fingerprint density at radius 3 is 2.59 bits per heavy atom. The first-order chi connectivity index (χ1) is 8.15. The molecule has 0 saturated carbocycles. The van der Waals surface area contributed by atoms with Gasteiger partial charge in [0.05, 0.1) is 5.02 Å². The third-order valence-corrected chi connectivity index (χ3v) is 2.63. The monoisotopic (exact) mass is 248 g/mol. The van der Waals surface area contributed by atoms with Gasteiger partial charge in [0, 0.05) is 30.2 Å². The molecule has 2 rings (SSSR count). The standard InChI is InChI=1S/C12H13ClN4/c1-8(12-15-6-10(13)7-16-12)5-11-3-4-14-9(2)17-11/h3-4,6-8H,5H2,1-2H3. The van der Waals surface area contributed by atoms with Crippen molar-refractivity contribution in [3.8, 4) is 0 Å². The normalized spacial score (nSPS) is 12.4. The Morgan fingerprint density at radius 1 is 1.24 bits per heavy atom. The summed E-state index contributed by atoms with van der Waals surface area (Å²) in [7, 11) is 0. The Morgan fingerprint density at radius 2 is 1.94 bits per heavy atom. The molecule has 0 radical (unpaired) electrons. The Kier molecular flexibility index (Phi) is 3.64. The number of nitrogens with zero attached hydrogens (tertiary/aromatic N) is 4. The van der Waals surface area contributed by atoms with Crippen molar-refractivity contribution in [3.05, 3.63) is 47.0 Å². The summed E-state index contributed by atoms with van der Waals surface area (Å²) in [6, 6.07) is 1.92. The second-order valence-electron chi connectivity index (χ2n) is 3.96. The number of rotatable bonds is 3. The number of hydrogen-bond donors (Lipinski definition) is 0. The van der Waals surface area contributed by atoms with Crippen molar-refractivity contribution in [2.45, 2.75) is 26.2 Å². The quantitative estimate of drug-likeness (QED) is 0.838. The Bertz CT molecular complexity index is 498. The molecule has 4 nitrogen and oxygen atoms in total. The fraction of sp³-hybridized carbons (Fsp3) is 0.333. The van der Waals surface area contributed by atoms with Crippen LogP contribution in [0.25, 0.3) is 0 Å². The predicted molar refractivity (Wildman–Crippen MR) is 65.9 cm³/mol. The molecule has 0 N–H and O–H groups in total. The van der Waals surface area contributed by atoms with Crippen LogP contribution < -0.4 is 0 Å². The fourth-order valence-corrected chi connectivity index (χ4v) is 1.70. The van der Waals surface area contributed by atoms with E-state index in [-0.39, 0.29) is 5.92 Å². The molecule has 0 aromatic carbocycles. The van der Waals surface area contributed by atoms with Crippen molar-refractivity contribution in [3.63, 3.8) is 0 Å². The Balaban J connectivity index is 2.11. The summed E-state index contributed by atoms with van der Waals surface area (Å²) in [4.78, 5) is 16.9. The molecule has 0 saturated heterocycles. The highest BCUT2D eigenvalue weighted by Crippen LogP contribution is 2.16. The first kappa shape index (κ1) is 11.9. The summed E-state index contributed by atoms with van der Waals surface area (Å²) in [5.74, 6) is 1.78. The van der Waals surface area contributed by atoms with E-state index in [0.717, 1.165) is 23.8 Å². The van der Waals surface area contributed by atoms with Gasteiger partial charge in [0.1, 0.15) is 11.6 Å². The number of hydrogen-bond acceptors (Lipinski definition) is 4. The van der Waals surface area contributed by atoms with Crippen molar-refractivity contribution in [2.75, 3.05) is 0 Å². The van der Waals surface area contributed by atoms with Crippen molar-refractivity contribution >= 4 is 11.6 Å². The van der Waals surface area contributed by atoms with Gasteiger partial charge in [0.15, 0.2) is 0 Å². The van der Waals surface area contributed by atoms with Gasteiger partial charge in [-0.2, -0.15) is 0 Å². The molecule has 2 aromatic rings. The molecule has 0 aliphatic heterocycles. The van der Waals surface area contributed by atoms with Gasteiger partial charge in [-0.25, -0.2) is 19.9 Å². The van der Waals surface area contributed by atoms with E-state index < -0.39 is 0 Å². The summed E-state index contributed by atoms with van der Waals surface area (Å²) in [6.45, 7) is 3.95. The number of halogens is 1. The highest BCUT2D eigenvalue weighted by Gasteiger charge is 2.10. The number of aromatic nitrogens is 4. The van der Waals surface area contributed by atoms with Gasteiger partial charge in [-0.05, 0) is 19.4 Å². The molecule has 0 fully saturated rings. The molecule has 2 heterocycles. The van der Waals surface area contributed by atoms with Gasteiger partial charge >= 0.3 is 0 Å². The summed E-state index contributed by atoms with van der Waals surface area (Å²) in [5, 5.41) is 0.554. The van der Waals surface area contributed by atoms with Crippen LogP contribution in [0.3, 0.4) is 0 Å². The third-order valence-electron chi connectivity index (χ3n) is 2.43. The van der Waals surface area contributed by atoms with Crippen molar-refractivity contribution < 1.29 is 0 Å². The largest absolute Gasteiger partial charge is 0.242 e. The average molecular weight is 249 g/mol. The van der Waals surface area contributed by atoms with Gasteiger partial charge in [0.25, 0.3) is 0 Å². The molecule has 0 amide bonds. The van der Waals surface area contributed by atoms with E-state index in [4.69, 9.17) is 11.6 Å². The first-order valence-electron chi connectivity index (χ1n) is 5.41. The summed E-state index contributed by atoms with van der Waals surface area (Å²) in [5.41, 5.74) is 1.00. The molecule has 0 aliphatic rings. The van der Waals surface area contributed by atoms with Gasteiger partial charge in [-0.3, -0.25) is 0 Å². The third kappa shape index (κ3) is 3.20. The molecule has 0 aliphatic carbocycles. The molecule has 88 valence electrons. The Labute approximate surface area is 105 Å². The fourth-order valence-electron chi connectivity index (χ4n) is 1.60. The summed E-state index contributed by atoms with van der Waals surface area (Å²) in [6.07, 6.45) is 5.80. The van der Waals surface area contributed by atoms with Gasteiger partial charge in [0.2, 0.25) is 0 Å². The minimum atomic E-state index is 0.210. The van der Waals surface area contributed by atoms with Crippen LogP contribution in [-0.2, 0) is 6.42 Å². The first-order valence-corrected chi connectivity index (χ1v) is 5.79. The zero-order valence-electron chi connectivity index (χ0n) is 9.76. The molecular weight excluding hydrogens is 236 g/mol. The summed E-state index contributed by atoms with van der Waals surface area (Å²) < 4.78 is 0. The molecule has 0 bridgehead atoms. The van der Waals surface area contributed by atoms with E-state index >= 15 is 0 Å². The maximum Gasteiger partial charge on any atom is 0.131 e. The van der Waals surface area contributed by atoms with Gasteiger partial charge < -0.3 is 0 Å². The van der Waals surface area contributed by atoms with Crippen molar-refractivity contribution in [1.29, 1.82) is 0 Å². The van der Waals surface area contributed by atoms with Crippen LogP contribution in [0.4, 0.5) is 0 Å². The zero-order valence-corrected chi connectivity index (χ0v) is 10.5. The maximum atomic E-state index is 5.75. The molecule has 2 aromatic heterocycles. The average Bonchev–Trinajstić information content (AvgIpc) is 2.29. The molecule has 1 unspecified atom stereocenters. The van der Waals surface area contributed by atoms with Crippen LogP contribution in [0.5, 0.6) is 0 Å². The van der Waals surface area contributed by atoms with Gasteiger partial charge in [-0.15, -0.1) is 0 Å². The lowest BCUT2D eigenvalue weighted by Gasteiger charge is -2.09. The molecule has 5 heteroatoms. The molecule has 0 spiro atoms. The van der Waals surface area contributed by atoms with Crippen LogP contribution in [0.2, 0.25) is 5.02 Å². The van der Waals surface area contributed by atoms with Crippen LogP contribution in [-0.4, -0.2) is 19.9 Å². The second-order valence-corrected chi connectivity index (χ2v) is 4.40. The molecule has 1 atom stereocenters. The van der Waals surface area contributed by atoms with Crippen LogP contribution in [0.1, 0.15) is 30.2 Å². The summed E-state index contributed by atoms with van der Waals surface area (Å²) >= 11 is 5.75. The van der Waals surface area contributed by atoms with Crippen molar-refractivity contribution in [2.24, 2.45) is 0 Å². The van der Waals surface area contributed by atoms with Crippen molar-refractivity contribution in [1.82, 2.24) is 19.9 Å². The number of aryl methyl sites for hydroxylation is 1. The van der Waals surface area contributed by atoms with Crippen LogP contribution in [0.15, 0.2) is 24.7 Å². The lowest BCUT2D eigenvalue weighted by molar-refractivity contribution is 0.681. The molecular formula is C12H13ClN4. The lowest BCUT2D eigenvalue weighted by Crippen LogP contribution is -2.05. The second kappa shape index (κ2) is 5.19. The van der Waals surface area contributed by atoms with E-state index in [1.165, 1.54) is 0 Å². The maximum absolute atomic E-state index is 5.75. The lowest BCUT2D eigenvalue weighted by atomic mass is 10.0.